The maximum absolute atomic E-state index is 12.5. The van der Waals surface area contributed by atoms with Crippen molar-refractivity contribution in [3.63, 3.8) is 0 Å². The van der Waals surface area contributed by atoms with Gasteiger partial charge in [0, 0.05) is 19.6 Å². The van der Waals surface area contributed by atoms with Gasteiger partial charge in [0.1, 0.15) is 5.54 Å². The van der Waals surface area contributed by atoms with Crippen LogP contribution in [0.15, 0.2) is 0 Å². The van der Waals surface area contributed by atoms with Crippen molar-refractivity contribution in [2.75, 3.05) is 19.6 Å². The molecule has 1 rings (SSSR count). The Bertz CT molecular complexity index is 435. The van der Waals surface area contributed by atoms with Crippen molar-refractivity contribution in [3.05, 3.63) is 0 Å². The second kappa shape index (κ2) is 5.30. The molecule has 0 aromatic rings. The molecule has 0 aliphatic carbocycles. The second-order valence-corrected chi connectivity index (χ2v) is 5.99. The highest BCUT2D eigenvalue weighted by Crippen LogP contribution is 2.31. The molecular weight excluding hydrogens is 262 g/mol. The number of nitrogens with two attached hydrogens (primary N) is 1. The van der Waals surface area contributed by atoms with Gasteiger partial charge in [0.05, 0.1) is 5.41 Å². The number of carbonyl (C=O) groups is 3. The van der Waals surface area contributed by atoms with Gasteiger partial charge in [-0.25, -0.2) is 9.59 Å². The topological polar surface area (TPSA) is 104 Å². The highest BCUT2D eigenvalue weighted by atomic mass is 16.4. The summed E-state index contributed by atoms with van der Waals surface area (Å²) in [6.07, 6.45) is 0.499. The fourth-order valence-corrected chi connectivity index (χ4v) is 2.38. The molecule has 1 heterocycles. The van der Waals surface area contributed by atoms with Crippen molar-refractivity contribution >= 4 is 17.9 Å². The third-order valence-corrected chi connectivity index (χ3v) is 4.08. The van der Waals surface area contributed by atoms with Crippen LogP contribution in [-0.2, 0) is 9.59 Å². The predicted octanol–water partition coefficient (Wildman–Crippen LogP) is 0.489. The number of aliphatic carboxylic acids is 1. The van der Waals surface area contributed by atoms with Crippen molar-refractivity contribution < 1.29 is 19.5 Å². The molecule has 0 bridgehead atoms. The predicted molar refractivity (Wildman–Crippen MR) is 73.0 cm³/mol. The number of primary amides is 1. The van der Waals surface area contributed by atoms with Gasteiger partial charge < -0.3 is 20.6 Å². The van der Waals surface area contributed by atoms with Crippen LogP contribution >= 0.6 is 0 Å². The van der Waals surface area contributed by atoms with Crippen molar-refractivity contribution in [2.24, 2.45) is 11.1 Å². The Morgan fingerprint density at radius 1 is 1.40 bits per heavy atom. The molecule has 1 aliphatic heterocycles. The highest BCUT2D eigenvalue weighted by molar-refractivity contribution is 5.87. The van der Waals surface area contributed by atoms with Crippen LogP contribution in [-0.4, -0.2) is 58.0 Å². The van der Waals surface area contributed by atoms with Crippen molar-refractivity contribution in [1.29, 1.82) is 0 Å². The van der Waals surface area contributed by atoms with E-state index >= 15 is 0 Å². The molecular formula is C13H23N3O4. The number of likely N-dealkylation sites (tertiary alicyclic amines) is 1. The summed E-state index contributed by atoms with van der Waals surface area (Å²) in [5.74, 6) is -1.50. The van der Waals surface area contributed by atoms with Crippen LogP contribution < -0.4 is 5.73 Å². The third kappa shape index (κ3) is 2.71. The Hall–Kier alpha value is -1.79. The van der Waals surface area contributed by atoms with Crippen LogP contribution in [0.2, 0.25) is 0 Å². The lowest BCUT2D eigenvalue weighted by atomic mass is 9.89. The van der Waals surface area contributed by atoms with E-state index in [1.165, 1.54) is 23.6 Å². The first-order chi connectivity index (χ1) is 9.06. The molecule has 1 aliphatic rings. The third-order valence-electron chi connectivity index (χ3n) is 4.08. The van der Waals surface area contributed by atoms with Crippen LogP contribution in [0.3, 0.4) is 0 Å². The molecule has 20 heavy (non-hydrogen) atoms. The number of nitrogens with zero attached hydrogens (tertiary/aromatic N) is 2. The molecule has 1 fully saturated rings. The molecule has 3 N–H and O–H groups in total. The molecule has 0 aromatic carbocycles. The zero-order valence-corrected chi connectivity index (χ0v) is 12.5. The minimum absolute atomic E-state index is 0.230. The first-order valence-electron chi connectivity index (χ1n) is 6.66. The summed E-state index contributed by atoms with van der Waals surface area (Å²) in [5.41, 5.74) is 3.32. The monoisotopic (exact) mass is 285 g/mol. The highest BCUT2D eigenvalue weighted by Gasteiger charge is 2.45. The smallest absolute Gasteiger partial charge is 0.329 e. The number of hydrogen-bond donors (Lipinski definition) is 2. The molecule has 0 aromatic heterocycles. The van der Waals surface area contributed by atoms with Crippen LogP contribution in [0.4, 0.5) is 4.79 Å². The molecule has 3 amide bonds. The molecule has 7 heteroatoms. The van der Waals surface area contributed by atoms with Gasteiger partial charge in [0.15, 0.2) is 0 Å². The summed E-state index contributed by atoms with van der Waals surface area (Å²) in [6.45, 7) is 7.34. The van der Waals surface area contributed by atoms with Gasteiger partial charge >= 0.3 is 12.0 Å². The molecule has 114 valence electrons. The lowest BCUT2D eigenvalue weighted by Gasteiger charge is -2.37. The standard InChI is InChI=1S/C13H23N3O4/c1-5-16(12(2,3)10(18)19)11(20)15-7-6-13(4,8-15)9(14)17/h5-8H2,1-4H3,(H2,14,17)(H,18,19). The largest absolute Gasteiger partial charge is 0.480 e. The van der Waals surface area contributed by atoms with Gasteiger partial charge in [-0.2, -0.15) is 0 Å². The number of carbonyl (C=O) groups excluding carboxylic acids is 2. The van der Waals surface area contributed by atoms with Gasteiger partial charge in [-0.05, 0) is 34.1 Å². The molecule has 7 nitrogen and oxygen atoms in total. The van der Waals surface area contributed by atoms with E-state index in [4.69, 9.17) is 5.73 Å². The molecule has 1 atom stereocenters. The molecule has 0 saturated carbocycles. The van der Waals surface area contributed by atoms with Crippen molar-refractivity contribution in [1.82, 2.24) is 9.80 Å². The summed E-state index contributed by atoms with van der Waals surface area (Å²) in [5, 5.41) is 9.24. The molecule has 1 unspecified atom stereocenters. The average molecular weight is 285 g/mol. The average Bonchev–Trinajstić information content (AvgIpc) is 2.73. The number of carboxylic acids is 1. The van der Waals surface area contributed by atoms with Gasteiger partial charge in [-0.1, -0.05) is 0 Å². The van der Waals surface area contributed by atoms with Gasteiger partial charge in [0.25, 0.3) is 0 Å². The van der Waals surface area contributed by atoms with Gasteiger partial charge in [0.2, 0.25) is 5.91 Å². The van der Waals surface area contributed by atoms with E-state index in [1.807, 2.05) is 0 Å². The normalized spacial score (nSPS) is 22.7. The fraction of sp³-hybridized carbons (Fsp3) is 0.769. The Kier molecular flexibility index (Phi) is 4.31. The Labute approximate surface area is 118 Å². The van der Waals surface area contributed by atoms with E-state index in [-0.39, 0.29) is 19.1 Å². The van der Waals surface area contributed by atoms with E-state index in [0.717, 1.165) is 0 Å². The molecule has 0 radical (unpaired) electrons. The van der Waals surface area contributed by atoms with Crippen LogP contribution in [0.25, 0.3) is 0 Å². The number of likely N-dealkylation sites (N-methyl/N-ethyl adjacent to an activating group) is 1. The van der Waals surface area contributed by atoms with E-state index < -0.39 is 22.8 Å². The molecule has 0 spiro atoms. The first kappa shape index (κ1) is 16.3. The van der Waals surface area contributed by atoms with Gasteiger partial charge in [-0.3, -0.25) is 4.79 Å². The Morgan fingerprint density at radius 3 is 2.30 bits per heavy atom. The number of urea groups is 1. The number of hydrogen-bond acceptors (Lipinski definition) is 3. The van der Waals surface area contributed by atoms with Crippen LogP contribution in [0, 0.1) is 5.41 Å². The summed E-state index contributed by atoms with van der Waals surface area (Å²) >= 11 is 0. The van der Waals surface area contributed by atoms with Gasteiger partial charge in [-0.15, -0.1) is 0 Å². The zero-order valence-electron chi connectivity index (χ0n) is 12.5. The van der Waals surface area contributed by atoms with Crippen LogP contribution in [0.1, 0.15) is 34.1 Å². The number of carboxylic acid groups (broad SMARTS) is 1. The second-order valence-electron chi connectivity index (χ2n) is 5.99. The lowest BCUT2D eigenvalue weighted by molar-refractivity contribution is -0.147. The summed E-state index contributed by atoms with van der Waals surface area (Å²) in [7, 11) is 0. The van der Waals surface area contributed by atoms with E-state index in [0.29, 0.717) is 13.0 Å². The quantitative estimate of drug-likeness (QED) is 0.784. The van der Waals surface area contributed by atoms with E-state index in [2.05, 4.69) is 0 Å². The van der Waals surface area contributed by atoms with Crippen molar-refractivity contribution in [3.8, 4) is 0 Å². The fourth-order valence-electron chi connectivity index (χ4n) is 2.38. The Morgan fingerprint density at radius 2 is 1.95 bits per heavy atom. The van der Waals surface area contributed by atoms with Crippen LogP contribution in [0.5, 0.6) is 0 Å². The number of rotatable bonds is 4. The molecule has 1 saturated heterocycles. The van der Waals surface area contributed by atoms with Crippen molar-refractivity contribution in [2.45, 2.75) is 39.7 Å². The minimum Gasteiger partial charge on any atom is -0.480 e. The SMILES string of the molecule is CCN(C(=O)N1CCC(C)(C(N)=O)C1)C(C)(C)C(=O)O. The maximum Gasteiger partial charge on any atom is 0.329 e. The summed E-state index contributed by atoms with van der Waals surface area (Å²) < 4.78 is 0. The zero-order chi connectivity index (χ0) is 15.7. The summed E-state index contributed by atoms with van der Waals surface area (Å²) in [6, 6.07) is -0.370. The van der Waals surface area contributed by atoms with E-state index in [1.54, 1.807) is 13.8 Å². The lowest BCUT2D eigenvalue weighted by Crippen LogP contribution is -2.57. The Balaban J connectivity index is 2.90. The van der Waals surface area contributed by atoms with E-state index in [9.17, 15) is 19.5 Å². The summed E-state index contributed by atoms with van der Waals surface area (Å²) in [4.78, 5) is 38.0. The first-order valence-corrected chi connectivity index (χ1v) is 6.66. The number of amides is 3. The minimum atomic E-state index is -1.29. The maximum atomic E-state index is 12.5.